The smallest absolute Gasteiger partial charge is 0.413 e. The molecule has 0 unspecified atom stereocenters. The number of rotatable bonds is 3. The summed E-state index contributed by atoms with van der Waals surface area (Å²) in [7, 11) is 1.27. The first-order chi connectivity index (χ1) is 10.7. The van der Waals surface area contributed by atoms with Gasteiger partial charge in [-0.25, -0.2) is 14.8 Å². The zero-order valence-corrected chi connectivity index (χ0v) is 12.2. The maximum absolute atomic E-state index is 11.2. The highest BCUT2D eigenvalue weighted by atomic mass is 35.5. The van der Waals surface area contributed by atoms with Crippen molar-refractivity contribution in [2.45, 2.75) is 0 Å². The Bertz CT molecular complexity index is 834. The molecule has 0 aliphatic heterocycles. The van der Waals surface area contributed by atoms with Crippen LogP contribution in [0.4, 0.5) is 10.7 Å². The second-order valence-electron chi connectivity index (χ2n) is 4.27. The Balaban J connectivity index is 1.86. The van der Waals surface area contributed by atoms with Gasteiger partial charge in [-0.05, 0) is 12.1 Å². The van der Waals surface area contributed by atoms with Gasteiger partial charge in [0.1, 0.15) is 17.0 Å². The van der Waals surface area contributed by atoms with Crippen LogP contribution >= 0.6 is 11.6 Å². The molecule has 112 valence electrons. The number of carbonyl (C=O) groups excluding carboxylic acids is 1. The first kappa shape index (κ1) is 14.2. The number of halogens is 1. The molecule has 3 rings (SSSR count). The molecule has 2 N–H and O–H groups in total. The molecule has 0 saturated heterocycles. The Kier molecular flexibility index (Phi) is 3.80. The standard InChI is InChI=1S/C14H11ClN4O3/c1-21-14(20)19-13-17-10-6-8(7-16-12(10)18-13)22-11-5-3-2-4-9(11)15/h2-7H,1H3,(H2,16,17,18,19,20). The minimum absolute atomic E-state index is 0.240. The topological polar surface area (TPSA) is 89.1 Å². The van der Waals surface area contributed by atoms with Crippen LogP contribution in [0.5, 0.6) is 11.5 Å². The van der Waals surface area contributed by atoms with Gasteiger partial charge in [0.05, 0.1) is 18.3 Å². The number of hydrogen-bond donors (Lipinski definition) is 2. The zero-order chi connectivity index (χ0) is 15.5. The van der Waals surface area contributed by atoms with Gasteiger partial charge in [0.2, 0.25) is 5.95 Å². The van der Waals surface area contributed by atoms with Crippen molar-refractivity contribution in [3.63, 3.8) is 0 Å². The third-order valence-electron chi connectivity index (χ3n) is 2.78. The number of hydrogen-bond acceptors (Lipinski definition) is 5. The molecule has 1 aromatic carbocycles. The van der Waals surface area contributed by atoms with E-state index in [4.69, 9.17) is 16.3 Å². The SMILES string of the molecule is COC(=O)Nc1nc2cc(Oc3ccccc3Cl)cnc2[nH]1. The number of amides is 1. The van der Waals surface area contributed by atoms with E-state index in [1.807, 2.05) is 12.1 Å². The predicted octanol–water partition coefficient (Wildman–Crippen LogP) is 3.58. The van der Waals surface area contributed by atoms with Crippen molar-refractivity contribution in [1.29, 1.82) is 0 Å². The summed E-state index contributed by atoms with van der Waals surface area (Å²) in [5.41, 5.74) is 1.05. The van der Waals surface area contributed by atoms with Gasteiger partial charge in [-0.2, -0.15) is 0 Å². The second-order valence-corrected chi connectivity index (χ2v) is 4.68. The van der Waals surface area contributed by atoms with Gasteiger partial charge >= 0.3 is 6.09 Å². The fourth-order valence-electron chi connectivity index (χ4n) is 1.79. The molecule has 7 nitrogen and oxygen atoms in total. The molecule has 2 aromatic heterocycles. The quantitative estimate of drug-likeness (QED) is 0.770. The van der Waals surface area contributed by atoms with E-state index < -0.39 is 6.09 Å². The predicted molar refractivity (Wildman–Crippen MR) is 81.4 cm³/mol. The number of fused-ring (bicyclic) bond motifs is 1. The average Bonchev–Trinajstić information content (AvgIpc) is 2.91. The Morgan fingerprint density at radius 2 is 2.18 bits per heavy atom. The number of para-hydroxylation sites is 1. The van der Waals surface area contributed by atoms with Gasteiger partial charge in [-0.1, -0.05) is 23.7 Å². The number of carbonyl (C=O) groups is 1. The van der Waals surface area contributed by atoms with Gasteiger partial charge in [-0.15, -0.1) is 0 Å². The highest BCUT2D eigenvalue weighted by Crippen LogP contribution is 2.29. The van der Waals surface area contributed by atoms with Crippen molar-refractivity contribution in [1.82, 2.24) is 15.0 Å². The summed E-state index contributed by atoms with van der Waals surface area (Å²) in [5, 5.41) is 2.93. The van der Waals surface area contributed by atoms with Gasteiger partial charge in [0.15, 0.2) is 5.65 Å². The number of H-pyrrole nitrogens is 1. The number of nitrogens with one attached hydrogen (secondary N) is 2. The molecule has 2 heterocycles. The number of benzene rings is 1. The number of nitrogens with zero attached hydrogens (tertiary/aromatic N) is 2. The normalized spacial score (nSPS) is 10.5. The van der Waals surface area contributed by atoms with Crippen LogP contribution in [0.25, 0.3) is 11.2 Å². The van der Waals surface area contributed by atoms with E-state index in [0.717, 1.165) is 0 Å². The summed E-state index contributed by atoms with van der Waals surface area (Å²) >= 11 is 6.04. The lowest BCUT2D eigenvalue weighted by atomic mass is 10.3. The number of aromatic amines is 1. The minimum Gasteiger partial charge on any atom is -0.454 e. The second kappa shape index (κ2) is 5.90. The monoisotopic (exact) mass is 318 g/mol. The highest BCUT2D eigenvalue weighted by molar-refractivity contribution is 6.32. The molecule has 8 heteroatoms. The fraction of sp³-hybridized carbons (Fsp3) is 0.0714. The third kappa shape index (κ3) is 2.94. The summed E-state index contributed by atoms with van der Waals surface area (Å²) < 4.78 is 10.2. The number of ether oxygens (including phenoxy) is 2. The van der Waals surface area contributed by atoms with Crippen molar-refractivity contribution in [2.75, 3.05) is 12.4 Å². The van der Waals surface area contributed by atoms with E-state index in [0.29, 0.717) is 27.7 Å². The van der Waals surface area contributed by atoms with Crippen molar-refractivity contribution >= 4 is 34.8 Å². The van der Waals surface area contributed by atoms with E-state index in [9.17, 15) is 4.79 Å². The van der Waals surface area contributed by atoms with E-state index in [1.165, 1.54) is 13.3 Å². The number of methoxy groups -OCH3 is 1. The first-order valence-electron chi connectivity index (χ1n) is 6.29. The minimum atomic E-state index is -0.619. The van der Waals surface area contributed by atoms with Gasteiger partial charge in [0.25, 0.3) is 0 Å². The molecule has 0 bridgehead atoms. The number of imidazole rings is 1. The Morgan fingerprint density at radius 3 is 2.95 bits per heavy atom. The summed E-state index contributed by atoms with van der Waals surface area (Å²) in [6, 6.07) is 8.80. The van der Waals surface area contributed by atoms with Crippen molar-refractivity contribution < 1.29 is 14.3 Å². The largest absolute Gasteiger partial charge is 0.454 e. The number of anilines is 1. The lowest BCUT2D eigenvalue weighted by molar-refractivity contribution is 0.186. The molecule has 0 spiro atoms. The van der Waals surface area contributed by atoms with E-state index in [1.54, 1.807) is 18.2 Å². The van der Waals surface area contributed by atoms with E-state index in [2.05, 4.69) is 25.0 Å². The fourth-order valence-corrected chi connectivity index (χ4v) is 1.97. The molecule has 3 aromatic rings. The Labute approximate surface area is 130 Å². The maximum Gasteiger partial charge on any atom is 0.413 e. The maximum atomic E-state index is 11.2. The van der Waals surface area contributed by atoms with Gasteiger partial charge in [0, 0.05) is 6.07 Å². The summed E-state index contributed by atoms with van der Waals surface area (Å²) in [6.45, 7) is 0. The third-order valence-corrected chi connectivity index (χ3v) is 3.09. The van der Waals surface area contributed by atoms with Crippen LogP contribution in [-0.4, -0.2) is 28.2 Å². The van der Waals surface area contributed by atoms with E-state index in [-0.39, 0.29) is 5.95 Å². The number of pyridine rings is 1. The molecular weight excluding hydrogens is 308 g/mol. The lowest BCUT2D eigenvalue weighted by Gasteiger charge is -2.06. The van der Waals surface area contributed by atoms with Gasteiger partial charge < -0.3 is 14.5 Å². The molecule has 22 heavy (non-hydrogen) atoms. The lowest BCUT2D eigenvalue weighted by Crippen LogP contribution is -2.11. The molecule has 0 aliphatic carbocycles. The molecule has 0 aliphatic rings. The van der Waals surface area contributed by atoms with Crippen LogP contribution in [-0.2, 0) is 4.74 Å². The van der Waals surface area contributed by atoms with Crippen LogP contribution in [0, 0.1) is 0 Å². The van der Waals surface area contributed by atoms with Crippen LogP contribution < -0.4 is 10.1 Å². The average molecular weight is 319 g/mol. The number of aromatic nitrogens is 3. The van der Waals surface area contributed by atoms with Crippen molar-refractivity contribution in [2.24, 2.45) is 0 Å². The summed E-state index contributed by atoms with van der Waals surface area (Å²) in [5.74, 6) is 1.25. The molecule has 0 radical (unpaired) electrons. The van der Waals surface area contributed by atoms with Gasteiger partial charge in [-0.3, -0.25) is 5.32 Å². The molecule has 0 saturated carbocycles. The van der Waals surface area contributed by atoms with Crippen LogP contribution in [0.2, 0.25) is 5.02 Å². The summed E-state index contributed by atoms with van der Waals surface area (Å²) in [6.07, 6.45) is 0.915. The summed E-state index contributed by atoms with van der Waals surface area (Å²) in [4.78, 5) is 22.4. The van der Waals surface area contributed by atoms with Crippen molar-refractivity contribution in [3.05, 3.63) is 41.6 Å². The molecule has 1 amide bonds. The first-order valence-corrected chi connectivity index (χ1v) is 6.66. The zero-order valence-electron chi connectivity index (χ0n) is 11.5. The van der Waals surface area contributed by atoms with E-state index >= 15 is 0 Å². The molecule has 0 atom stereocenters. The molecular formula is C14H11ClN4O3. The van der Waals surface area contributed by atoms with Crippen LogP contribution in [0.1, 0.15) is 0 Å². The highest BCUT2D eigenvalue weighted by Gasteiger charge is 2.09. The van der Waals surface area contributed by atoms with Crippen LogP contribution in [0.15, 0.2) is 36.5 Å². The Morgan fingerprint density at radius 1 is 1.36 bits per heavy atom. The van der Waals surface area contributed by atoms with Crippen LogP contribution in [0.3, 0.4) is 0 Å². The van der Waals surface area contributed by atoms with Crippen molar-refractivity contribution in [3.8, 4) is 11.5 Å². The Hall–Kier alpha value is -2.80. The molecule has 0 fully saturated rings.